The summed E-state index contributed by atoms with van der Waals surface area (Å²) in [5.74, 6) is 0.124. The number of halogens is 1. The van der Waals surface area contributed by atoms with E-state index in [-0.39, 0.29) is 5.82 Å². The third kappa shape index (κ3) is 5.25. The summed E-state index contributed by atoms with van der Waals surface area (Å²) in [4.78, 5) is 2.36. The molecule has 0 saturated heterocycles. The van der Waals surface area contributed by atoms with Crippen molar-refractivity contribution in [3.8, 4) is 6.07 Å². The van der Waals surface area contributed by atoms with Gasteiger partial charge in [0.1, 0.15) is 5.82 Å². The van der Waals surface area contributed by atoms with E-state index in [4.69, 9.17) is 0 Å². The highest BCUT2D eigenvalue weighted by Crippen LogP contribution is 2.44. The summed E-state index contributed by atoms with van der Waals surface area (Å²) >= 11 is 0. The minimum absolute atomic E-state index is 0.236. The predicted molar refractivity (Wildman–Crippen MR) is 117 cm³/mol. The van der Waals surface area contributed by atoms with Crippen LogP contribution in [0.5, 0.6) is 0 Å². The molecule has 1 aliphatic carbocycles. The minimum Gasteiger partial charge on any atom is -0.299 e. The van der Waals surface area contributed by atoms with Crippen LogP contribution in [0.15, 0.2) is 54.6 Å². The topological polar surface area (TPSA) is 27.0 Å². The zero-order valence-electron chi connectivity index (χ0n) is 17.8. The van der Waals surface area contributed by atoms with Crippen LogP contribution in [0.3, 0.4) is 0 Å². The molecule has 2 nitrogen and oxygen atoms in total. The van der Waals surface area contributed by atoms with Crippen molar-refractivity contribution >= 4 is 0 Å². The highest BCUT2D eigenvalue weighted by Gasteiger charge is 2.41. The lowest BCUT2D eigenvalue weighted by atomic mass is 9.63. The fraction of sp³-hybridized carbons (Fsp3) is 0.500. The number of nitriles is 1. The summed E-state index contributed by atoms with van der Waals surface area (Å²) in [5.41, 5.74) is 1.78. The summed E-state index contributed by atoms with van der Waals surface area (Å²) in [5, 5.41) is 10.4. The van der Waals surface area contributed by atoms with Gasteiger partial charge in [-0.05, 0) is 68.8 Å². The maximum absolute atomic E-state index is 13.6. The van der Waals surface area contributed by atoms with Crippen LogP contribution in [0.4, 0.5) is 4.39 Å². The quantitative estimate of drug-likeness (QED) is 0.515. The fourth-order valence-corrected chi connectivity index (χ4v) is 4.82. The lowest BCUT2D eigenvalue weighted by molar-refractivity contribution is 0.192. The van der Waals surface area contributed by atoms with E-state index in [1.807, 2.05) is 18.2 Å². The second kappa shape index (κ2) is 10.0. The summed E-state index contributed by atoms with van der Waals surface area (Å²) in [7, 11) is 2.16. The molecule has 0 spiro atoms. The molecule has 0 aliphatic heterocycles. The Bertz CT molecular complexity index is 790. The van der Waals surface area contributed by atoms with E-state index >= 15 is 0 Å². The van der Waals surface area contributed by atoms with Crippen LogP contribution < -0.4 is 0 Å². The Hall–Kier alpha value is -2.18. The summed E-state index contributed by atoms with van der Waals surface area (Å²) in [6.07, 6.45) is 7.61. The van der Waals surface area contributed by atoms with Gasteiger partial charge in [-0.2, -0.15) is 5.26 Å². The van der Waals surface area contributed by atoms with Crippen LogP contribution in [0.1, 0.15) is 63.0 Å². The third-order valence-corrected chi connectivity index (χ3v) is 6.84. The van der Waals surface area contributed by atoms with Crippen LogP contribution in [0.25, 0.3) is 0 Å². The number of nitrogens with zero attached hydrogens (tertiary/aromatic N) is 2. The van der Waals surface area contributed by atoms with Crippen molar-refractivity contribution in [2.45, 2.75) is 69.9 Å². The highest BCUT2D eigenvalue weighted by molar-refractivity contribution is 5.34. The molecule has 0 aromatic heterocycles. The van der Waals surface area contributed by atoms with Crippen LogP contribution in [-0.2, 0) is 12.0 Å². The normalized spacial score (nSPS) is 18.2. The molecule has 3 heteroatoms. The first-order valence-corrected chi connectivity index (χ1v) is 11.0. The van der Waals surface area contributed by atoms with Crippen molar-refractivity contribution < 1.29 is 4.39 Å². The summed E-state index contributed by atoms with van der Waals surface area (Å²) in [6, 6.07) is 20.3. The maximum atomic E-state index is 13.6. The molecule has 0 heterocycles. The molecule has 1 aliphatic rings. The van der Waals surface area contributed by atoms with Gasteiger partial charge in [0.05, 0.1) is 11.5 Å². The van der Waals surface area contributed by atoms with Crippen molar-refractivity contribution in [1.82, 2.24) is 4.90 Å². The van der Waals surface area contributed by atoms with Crippen LogP contribution in [-0.4, -0.2) is 18.0 Å². The molecular weight excluding hydrogens is 359 g/mol. The third-order valence-electron chi connectivity index (χ3n) is 6.84. The van der Waals surface area contributed by atoms with Crippen molar-refractivity contribution in [1.29, 1.82) is 5.26 Å². The maximum Gasteiger partial charge on any atom is 0.123 e. The number of hydrogen-bond donors (Lipinski definition) is 0. The van der Waals surface area contributed by atoms with E-state index in [9.17, 15) is 9.65 Å². The van der Waals surface area contributed by atoms with Gasteiger partial charge in [0, 0.05) is 12.6 Å². The minimum atomic E-state index is -0.518. The fourth-order valence-electron chi connectivity index (χ4n) is 4.82. The molecule has 1 saturated carbocycles. The van der Waals surface area contributed by atoms with E-state index in [1.165, 1.54) is 37.0 Å². The van der Waals surface area contributed by atoms with Gasteiger partial charge in [0.25, 0.3) is 0 Å². The van der Waals surface area contributed by atoms with E-state index in [0.717, 1.165) is 37.8 Å². The predicted octanol–water partition coefficient (Wildman–Crippen LogP) is 6.47. The Morgan fingerprint density at radius 3 is 2.34 bits per heavy atom. The average Bonchev–Trinajstić information content (AvgIpc) is 2.76. The van der Waals surface area contributed by atoms with Gasteiger partial charge in [-0.25, -0.2) is 4.39 Å². The molecule has 154 valence electrons. The standard InChI is InChI=1S/C26H33FN2/c1-21(29(2)19-22-9-5-3-6-10-22)17-18-26(20-28,23-11-7-4-8-12-23)24-13-15-25(27)16-14-24/h3,5-6,9-10,13-16,21,23H,4,7-8,11-12,17-19H2,1-2H3. The Balaban J connectivity index is 1.75. The Kier molecular flexibility index (Phi) is 7.45. The van der Waals surface area contributed by atoms with E-state index in [0.29, 0.717) is 12.0 Å². The van der Waals surface area contributed by atoms with Crippen molar-refractivity contribution in [2.75, 3.05) is 7.05 Å². The first kappa shape index (κ1) is 21.5. The molecule has 3 rings (SSSR count). The van der Waals surface area contributed by atoms with Gasteiger partial charge in [-0.3, -0.25) is 4.90 Å². The van der Waals surface area contributed by atoms with Gasteiger partial charge in [-0.15, -0.1) is 0 Å². The molecule has 0 amide bonds. The molecule has 2 aromatic rings. The molecule has 2 aromatic carbocycles. The highest BCUT2D eigenvalue weighted by atomic mass is 19.1. The lowest BCUT2D eigenvalue weighted by Crippen LogP contribution is -2.38. The Morgan fingerprint density at radius 1 is 1.07 bits per heavy atom. The molecule has 1 fully saturated rings. The van der Waals surface area contributed by atoms with E-state index in [2.05, 4.69) is 49.2 Å². The monoisotopic (exact) mass is 392 g/mol. The zero-order chi connectivity index (χ0) is 20.7. The SMILES string of the molecule is CC(CCC(C#N)(c1ccc(F)cc1)C1CCCCC1)N(C)Cc1ccccc1. The van der Waals surface area contributed by atoms with Gasteiger partial charge in [-0.1, -0.05) is 61.7 Å². The molecule has 2 atom stereocenters. The van der Waals surface area contributed by atoms with Gasteiger partial charge < -0.3 is 0 Å². The molecule has 29 heavy (non-hydrogen) atoms. The van der Waals surface area contributed by atoms with Crippen molar-refractivity contribution in [3.63, 3.8) is 0 Å². The average molecular weight is 393 g/mol. The number of hydrogen-bond acceptors (Lipinski definition) is 2. The number of rotatable bonds is 8. The summed E-state index contributed by atoms with van der Waals surface area (Å²) < 4.78 is 13.6. The van der Waals surface area contributed by atoms with Crippen LogP contribution in [0.2, 0.25) is 0 Å². The Labute approximate surface area is 175 Å². The second-order valence-electron chi connectivity index (χ2n) is 8.71. The van der Waals surface area contributed by atoms with Gasteiger partial charge in [0.2, 0.25) is 0 Å². The Morgan fingerprint density at radius 2 is 1.72 bits per heavy atom. The van der Waals surface area contributed by atoms with Gasteiger partial charge in [0.15, 0.2) is 0 Å². The molecular formula is C26H33FN2. The molecule has 0 bridgehead atoms. The first-order valence-electron chi connectivity index (χ1n) is 11.0. The van der Waals surface area contributed by atoms with E-state index < -0.39 is 5.41 Å². The lowest BCUT2D eigenvalue weighted by Gasteiger charge is -2.39. The largest absolute Gasteiger partial charge is 0.299 e. The number of benzene rings is 2. The zero-order valence-corrected chi connectivity index (χ0v) is 17.8. The van der Waals surface area contributed by atoms with E-state index in [1.54, 1.807) is 0 Å². The molecule has 0 radical (unpaired) electrons. The smallest absolute Gasteiger partial charge is 0.123 e. The molecule has 2 unspecified atom stereocenters. The first-order chi connectivity index (χ1) is 14.0. The second-order valence-corrected chi connectivity index (χ2v) is 8.71. The van der Waals surface area contributed by atoms with Crippen molar-refractivity contribution in [3.05, 3.63) is 71.5 Å². The summed E-state index contributed by atoms with van der Waals surface area (Å²) in [6.45, 7) is 3.15. The van der Waals surface area contributed by atoms with Crippen molar-refractivity contribution in [2.24, 2.45) is 5.92 Å². The molecule has 0 N–H and O–H groups in total. The van der Waals surface area contributed by atoms with Gasteiger partial charge >= 0.3 is 0 Å². The van der Waals surface area contributed by atoms with Crippen LogP contribution >= 0.6 is 0 Å². The van der Waals surface area contributed by atoms with Crippen LogP contribution in [0, 0.1) is 23.1 Å².